The zero-order chi connectivity index (χ0) is 18.6. The zero-order valence-corrected chi connectivity index (χ0v) is 14.4. The lowest BCUT2D eigenvalue weighted by Gasteiger charge is -1.79. The predicted octanol–water partition coefficient (Wildman–Crippen LogP) is 5.06. The third-order valence-corrected chi connectivity index (χ3v) is 2.43. The number of carboxylic acids is 1. The van der Waals surface area contributed by atoms with E-state index in [1.165, 1.54) is 13.0 Å². The van der Waals surface area contributed by atoms with Crippen molar-refractivity contribution in [3.63, 3.8) is 0 Å². The van der Waals surface area contributed by atoms with Crippen LogP contribution in [0.3, 0.4) is 0 Å². The minimum Gasteiger partial charge on any atom is -0.481 e. The van der Waals surface area contributed by atoms with Crippen molar-refractivity contribution in [1.82, 2.24) is 0 Å². The molecule has 0 amide bonds. The third kappa shape index (κ3) is 20.8. The summed E-state index contributed by atoms with van der Waals surface area (Å²) in [6.45, 7) is 1.51. The van der Waals surface area contributed by atoms with Gasteiger partial charge in [-0.1, -0.05) is 103 Å². The first kappa shape index (κ1) is 21.8. The Hall–Kier alpha value is -3.20. The molecule has 0 aliphatic carbocycles. The first-order chi connectivity index (χ1) is 12.1. The molecule has 130 valence electrons. The van der Waals surface area contributed by atoms with E-state index in [-0.39, 0.29) is 12.2 Å². The Bertz CT molecular complexity index is 649. The van der Waals surface area contributed by atoms with Gasteiger partial charge in [-0.2, -0.15) is 0 Å². The molecule has 0 aromatic rings. The average molecular weight is 336 g/mol. The predicted molar refractivity (Wildman–Crippen MR) is 105 cm³/mol. The van der Waals surface area contributed by atoms with Crippen LogP contribution < -0.4 is 0 Å². The molecule has 0 rings (SSSR count). The smallest absolute Gasteiger partial charge is 0.307 e. The Labute approximate surface area is 149 Å². The van der Waals surface area contributed by atoms with Crippen LogP contribution in [0.1, 0.15) is 13.3 Å². The molecule has 0 aromatic heterocycles. The summed E-state index contributed by atoms with van der Waals surface area (Å²) in [5.74, 6) is -0.803. The first-order valence-corrected chi connectivity index (χ1v) is 7.85. The summed E-state index contributed by atoms with van der Waals surface area (Å²) in [6.07, 6.45) is 32.8. The van der Waals surface area contributed by atoms with Crippen LogP contribution in [0.15, 0.2) is 109 Å². The fraction of sp³-hybridized carbons (Fsp3) is 0.0909. The number of allylic oxidation sites excluding steroid dienone is 17. The molecular formula is C22H24O3. The average Bonchev–Trinajstić information content (AvgIpc) is 2.56. The van der Waals surface area contributed by atoms with Gasteiger partial charge in [0.05, 0.1) is 6.42 Å². The van der Waals surface area contributed by atoms with Gasteiger partial charge in [0.2, 0.25) is 0 Å². The SMILES string of the molecule is CC(=O)/C=C/C=C/C=C/C=C/C=C/C=C/C=C/C=C/C=C/CC(=O)O. The second-order valence-corrected chi connectivity index (χ2v) is 4.69. The van der Waals surface area contributed by atoms with Crippen LogP contribution in [0.2, 0.25) is 0 Å². The Balaban J connectivity index is 3.92. The Morgan fingerprint density at radius 3 is 1.24 bits per heavy atom. The second kappa shape index (κ2) is 17.2. The van der Waals surface area contributed by atoms with Crippen LogP contribution in [-0.2, 0) is 9.59 Å². The summed E-state index contributed by atoms with van der Waals surface area (Å²) in [6, 6.07) is 0. The molecule has 0 aliphatic rings. The van der Waals surface area contributed by atoms with Crippen molar-refractivity contribution in [1.29, 1.82) is 0 Å². The molecule has 0 aromatic carbocycles. The standard InChI is InChI=1S/C22H24O3/c1-21(23)19-17-15-13-11-9-7-5-3-2-4-6-8-10-12-14-16-18-20-22(24)25/h2-19H,20H2,1H3,(H,24,25)/b3-2+,6-4+,7-5+,10-8+,11-9+,14-12+,15-13+,18-16+,19-17+. The normalized spacial score (nSPS) is 13.8. The van der Waals surface area contributed by atoms with Gasteiger partial charge in [0.1, 0.15) is 0 Å². The van der Waals surface area contributed by atoms with Gasteiger partial charge in [0, 0.05) is 0 Å². The van der Waals surface area contributed by atoms with E-state index in [1.54, 1.807) is 30.4 Å². The molecular weight excluding hydrogens is 312 g/mol. The van der Waals surface area contributed by atoms with Crippen molar-refractivity contribution in [2.75, 3.05) is 0 Å². The van der Waals surface area contributed by atoms with Gasteiger partial charge in [-0.3, -0.25) is 9.59 Å². The van der Waals surface area contributed by atoms with Crippen LogP contribution in [0.5, 0.6) is 0 Å². The summed E-state index contributed by atoms with van der Waals surface area (Å²) in [5, 5.41) is 8.44. The number of carbonyl (C=O) groups is 2. The van der Waals surface area contributed by atoms with Crippen LogP contribution >= 0.6 is 0 Å². The maximum Gasteiger partial charge on any atom is 0.307 e. The molecule has 0 fully saturated rings. The van der Waals surface area contributed by atoms with Gasteiger partial charge in [-0.05, 0) is 13.0 Å². The minimum atomic E-state index is -0.835. The quantitative estimate of drug-likeness (QED) is 0.424. The second-order valence-electron chi connectivity index (χ2n) is 4.69. The maximum atomic E-state index is 10.6. The van der Waals surface area contributed by atoms with E-state index in [0.29, 0.717) is 0 Å². The number of hydrogen-bond donors (Lipinski definition) is 1. The first-order valence-electron chi connectivity index (χ1n) is 7.85. The molecule has 1 N–H and O–H groups in total. The Morgan fingerprint density at radius 2 is 0.920 bits per heavy atom. The molecule has 3 nitrogen and oxygen atoms in total. The zero-order valence-electron chi connectivity index (χ0n) is 14.4. The summed E-state index contributed by atoms with van der Waals surface area (Å²) in [7, 11) is 0. The summed E-state index contributed by atoms with van der Waals surface area (Å²) >= 11 is 0. The molecule has 0 unspecified atom stereocenters. The number of aliphatic carboxylic acids is 1. The fourth-order valence-electron chi connectivity index (χ4n) is 1.34. The van der Waals surface area contributed by atoms with Gasteiger partial charge >= 0.3 is 5.97 Å². The van der Waals surface area contributed by atoms with Crippen molar-refractivity contribution in [3.05, 3.63) is 109 Å². The topological polar surface area (TPSA) is 54.4 Å². The number of carboxylic acid groups (broad SMARTS) is 1. The van der Waals surface area contributed by atoms with Gasteiger partial charge in [-0.15, -0.1) is 0 Å². The van der Waals surface area contributed by atoms with Crippen molar-refractivity contribution in [2.24, 2.45) is 0 Å². The fourth-order valence-corrected chi connectivity index (χ4v) is 1.34. The lowest BCUT2D eigenvalue weighted by atomic mass is 10.3. The van der Waals surface area contributed by atoms with Crippen molar-refractivity contribution in [3.8, 4) is 0 Å². The highest BCUT2D eigenvalue weighted by molar-refractivity contribution is 5.87. The van der Waals surface area contributed by atoms with E-state index in [2.05, 4.69) is 0 Å². The van der Waals surface area contributed by atoms with Crippen molar-refractivity contribution < 1.29 is 14.7 Å². The van der Waals surface area contributed by atoms with Gasteiger partial charge in [0.25, 0.3) is 0 Å². The Kier molecular flexibility index (Phi) is 15.0. The van der Waals surface area contributed by atoms with Crippen LogP contribution in [0.25, 0.3) is 0 Å². The number of hydrogen-bond acceptors (Lipinski definition) is 2. The molecule has 0 heterocycles. The van der Waals surface area contributed by atoms with Gasteiger partial charge < -0.3 is 5.11 Å². The summed E-state index contributed by atoms with van der Waals surface area (Å²) in [4.78, 5) is 20.9. The van der Waals surface area contributed by atoms with E-state index in [4.69, 9.17) is 5.11 Å². The van der Waals surface area contributed by atoms with Crippen molar-refractivity contribution in [2.45, 2.75) is 13.3 Å². The summed E-state index contributed by atoms with van der Waals surface area (Å²) in [5.41, 5.74) is 0. The minimum absolute atomic E-state index is 0.0326. The highest BCUT2D eigenvalue weighted by atomic mass is 16.4. The number of carbonyl (C=O) groups excluding carboxylic acids is 1. The molecule has 0 atom stereocenters. The molecule has 0 radical (unpaired) electrons. The molecule has 0 aliphatic heterocycles. The number of ketones is 1. The van der Waals surface area contributed by atoms with Crippen LogP contribution in [0, 0.1) is 0 Å². The van der Waals surface area contributed by atoms with E-state index in [1.807, 2.05) is 72.9 Å². The highest BCUT2D eigenvalue weighted by Crippen LogP contribution is 1.88. The van der Waals surface area contributed by atoms with Gasteiger partial charge in [0.15, 0.2) is 5.78 Å². The Morgan fingerprint density at radius 1 is 0.600 bits per heavy atom. The van der Waals surface area contributed by atoms with E-state index >= 15 is 0 Å². The molecule has 0 bridgehead atoms. The van der Waals surface area contributed by atoms with E-state index < -0.39 is 5.97 Å². The molecule has 0 saturated heterocycles. The number of rotatable bonds is 11. The summed E-state index contributed by atoms with van der Waals surface area (Å²) < 4.78 is 0. The van der Waals surface area contributed by atoms with Gasteiger partial charge in [-0.25, -0.2) is 0 Å². The van der Waals surface area contributed by atoms with Crippen LogP contribution in [-0.4, -0.2) is 16.9 Å². The monoisotopic (exact) mass is 336 g/mol. The molecule has 0 saturated carbocycles. The third-order valence-electron chi connectivity index (χ3n) is 2.43. The lowest BCUT2D eigenvalue weighted by molar-refractivity contribution is -0.136. The largest absolute Gasteiger partial charge is 0.481 e. The molecule has 0 spiro atoms. The highest BCUT2D eigenvalue weighted by Gasteiger charge is 1.86. The maximum absolute atomic E-state index is 10.6. The van der Waals surface area contributed by atoms with Crippen molar-refractivity contribution >= 4 is 11.8 Å². The lowest BCUT2D eigenvalue weighted by Crippen LogP contribution is -1.89. The van der Waals surface area contributed by atoms with E-state index in [0.717, 1.165) is 0 Å². The molecule has 3 heteroatoms. The van der Waals surface area contributed by atoms with E-state index in [9.17, 15) is 9.59 Å². The molecule has 25 heavy (non-hydrogen) atoms. The van der Waals surface area contributed by atoms with Crippen LogP contribution in [0.4, 0.5) is 0 Å².